The lowest BCUT2D eigenvalue weighted by atomic mass is 10.2. The Labute approximate surface area is 176 Å². The second-order valence-electron chi connectivity index (χ2n) is 6.55. The Bertz CT molecular complexity index is 1090. The molecule has 0 atom stereocenters. The van der Waals surface area contributed by atoms with Crippen LogP contribution in [0.1, 0.15) is 22.9 Å². The van der Waals surface area contributed by atoms with E-state index >= 15 is 0 Å². The summed E-state index contributed by atoms with van der Waals surface area (Å²) < 4.78 is 5.58. The number of hydrogen-bond donors (Lipinski definition) is 1. The van der Waals surface area contributed by atoms with E-state index in [1.807, 2.05) is 36.6 Å². The lowest BCUT2D eigenvalue weighted by Gasteiger charge is -2.03. The number of carbonyl (C=O) groups excluding carboxylic acids is 1. The lowest BCUT2D eigenvalue weighted by Crippen LogP contribution is -2.26. The normalized spacial score (nSPS) is 10.9. The number of thiazole rings is 2. The topological polar surface area (TPSA) is 80.9 Å². The van der Waals surface area contributed by atoms with Crippen LogP contribution in [-0.2, 0) is 17.6 Å². The first kappa shape index (κ1) is 19.5. The molecule has 8 heteroatoms. The highest BCUT2D eigenvalue weighted by Crippen LogP contribution is 2.25. The van der Waals surface area contributed by atoms with Crippen LogP contribution >= 0.6 is 22.7 Å². The second-order valence-corrected chi connectivity index (χ2v) is 8.35. The van der Waals surface area contributed by atoms with Crippen molar-refractivity contribution in [2.24, 2.45) is 0 Å². The number of nitrogens with zero attached hydrogens (tertiary/aromatic N) is 3. The van der Waals surface area contributed by atoms with E-state index in [-0.39, 0.29) is 12.3 Å². The number of aryl methyl sites for hydroxylation is 2. The SMILES string of the molecule is Cc1ccc(-c2nc(CC(=O)NCCCc3nc(-c4ccncc4)cs3)cs2)o1. The van der Waals surface area contributed by atoms with Gasteiger partial charge in [0.05, 0.1) is 22.8 Å². The summed E-state index contributed by atoms with van der Waals surface area (Å²) in [6, 6.07) is 7.72. The van der Waals surface area contributed by atoms with Gasteiger partial charge in [0, 0.05) is 41.7 Å². The summed E-state index contributed by atoms with van der Waals surface area (Å²) in [5.41, 5.74) is 2.81. The largest absolute Gasteiger partial charge is 0.459 e. The molecule has 0 fully saturated rings. The van der Waals surface area contributed by atoms with Crippen LogP contribution in [0.5, 0.6) is 0 Å². The van der Waals surface area contributed by atoms with Crippen molar-refractivity contribution in [3.63, 3.8) is 0 Å². The fourth-order valence-electron chi connectivity index (χ4n) is 2.83. The first-order valence-electron chi connectivity index (χ1n) is 9.30. The summed E-state index contributed by atoms with van der Waals surface area (Å²) in [6.45, 7) is 2.52. The van der Waals surface area contributed by atoms with Crippen molar-refractivity contribution in [1.82, 2.24) is 20.3 Å². The van der Waals surface area contributed by atoms with Crippen LogP contribution in [-0.4, -0.2) is 27.4 Å². The van der Waals surface area contributed by atoms with Gasteiger partial charge < -0.3 is 9.73 Å². The highest BCUT2D eigenvalue weighted by Gasteiger charge is 2.11. The number of furan rings is 1. The Kier molecular flexibility index (Phi) is 6.12. The summed E-state index contributed by atoms with van der Waals surface area (Å²) in [5.74, 6) is 1.57. The Morgan fingerprint density at radius 1 is 1.10 bits per heavy atom. The minimum absolute atomic E-state index is 0.0194. The zero-order valence-corrected chi connectivity index (χ0v) is 17.6. The Morgan fingerprint density at radius 3 is 2.76 bits per heavy atom. The van der Waals surface area contributed by atoms with Crippen molar-refractivity contribution in [1.29, 1.82) is 0 Å². The molecule has 6 nitrogen and oxygen atoms in total. The number of pyridine rings is 1. The van der Waals surface area contributed by atoms with Crippen LogP contribution in [0, 0.1) is 6.92 Å². The highest BCUT2D eigenvalue weighted by atomic mass is 32.1. The van der Waals surface area contributed by atoms with Crippen LogP contribution in [0.3, 0.4) is 0 Å². The molecule has 0 spiro atoms. The van der Waals surface area contributed by atoms with E-state index in [0.29, 0.717) is 6.54 Å². The maximum absolute atomic E-state index is 12.2. The van der Waals surface area contributed by atoms with E-state index in [1.165, 1.54) is 11.3 Å². The molecule has 0 bridgehead atoms. The molecule has 4 aromatic heterocycles. The third-order valence-corrected chi connectivity index (χ3v) is 6.08. The van der Waals surface area contributed by atoms with Gasteiger partial charge >= 0.3 is 0 Å². The fourth-order valence-corrected chi connectivity index (χ4v) is 4.46. The molecule has 0 aliphatic carbocycles. The Balaban J connectivity index is 1.21. The van der Waals surface area contributed by atoms with Gasteiger partial charge in [-0.25, -0.2) is 9.97 Å². The van der Waals surface area contributed by atoms with E-state index in [9.17, 15) is 4.79 Å². The van der Waals surface area contributed by atoms with Gasteiger partial charge in [0.1, 0.15) is 5.76 Å². The number of hydrogen-bond acceptors (Lipinski definition) is 7. The van der Waals surface area contributed by atoms with Crippen LogP contribution in [0.4, 0.5) is 0 Å². The Hall–Kier alpha value is -2.84. The van der Waals surface area contributed by atoms with E-state index in [1.54, 1.807) is 23.7 Å². The fraction of sp³-hybridized carbons (Fsp3) is 0.238. The van der Waals surface area contributed by atoms with Crippen molar-refractivity contribution in [3.8, 4) is 22.0 Å². The Morgan fingerprint density at radius 2 is 1.97 bits per heavy atom. The molecule has 1 N–H and O–H groups in total. The summed E-state index contributed by atoms with van der Waals surface area (Å²) >= 11 is 3.13. The summed E-state index contributed by atoms with van der Waals surface area (Å²) in [6.07, 6.45) is 5.51. The standard InChI is InChI=1S/C21H20N4O2S2/c1-14-4-5-18(27-14)21-24-16(12-29-21)11-19(26)23-8-2-3-20-25-17(13-28-20)15-6-9-22-10-7-15/h4-7,9-10,12-13H,2-3,8,11H2,1H3,(H,23,26). The molecule has 0 saturated heterocycles. The summed E-state index contributed by atoms with van der Waals surface area (Å²) in [7, 11) is 0. The molecule has 29 heavy (non-hydrogen) atoms. The molecule has 4 aromatic rings. The number of rotatable bonds is 8. The molecule has 148 valence electrons. The first-order valence-corrected chi connectivity index (χ1v) is 11.1. The molecule has 0 saturated carbocycles. The van der Waals surface area contributed by atoms with Crippen molar-refractivity contribution in [3.05, 3.63) is 63.9 Å². The molecule has 1 amide bonds. The van der Waals surface area contributed by atoms with Crippen molar-refractivity contribution >= 4 is 28.6 Å². The van der Waals surface area contributed by atoms with E-state index in [4.69, 9.17) is 4.42 Å². The van der Waals surface area contributed by atoms with Crippen molar-refractivity contribution < 1.29 is 9.21 Å². The van der Waals surface area contributed by atoms with E-state index < -0.39 is 0 Å². The molecular formula is C21H20N4O2S2. The minimum Gasteiger partial charge on any atom is -0.459 e. The quantitative estimate of drug-likeness (QED) is 0.421. The molecule has 0 radical (unpaired) electrons. The molecule has 4 rings (SSSR count). The minimum atomic E-state index is -0.0194. The molecule has 0 aliphatic heterocycles. The summed E-state index contributed by atoms with van der Waals surface area (Å²) in [4.78, 5) is 25.4. The van der Waals surface area contributed by atoms with Gasteiger partial charge in [0.2, 0.25) is 5.91 Å². The molecule has 0 aromatic carbocycles. The van der Waals surface area contributed by atoms with Gasteiger partial charge in [-0.2, -0.15) is 0 Å². The predicted octanol–water partition coefficient (Wildman–Crippen LogP) is 4.52. The third-order valence-electron chi connectivity index (χ3n) is 4.26. The predicted molar refractivity (Wildman–Crippen MR) is 115 cm³/mol. The zero-order valence-electron chi connectivity index (χ0n) is 15.9. The highest BCUT2D eigenvalue weighted by molar-refractivity contribution is 7.13. The average Bonchev–Trinajstić information content (AvgIpc) is 3.47. The number of aromatic nitrogens is 3. The third kappa shape index (κ3) is 5.16. The monoisotopic (exact) mass is 424 g/mol. The smallest absolute Gasteiger partial charge is 0.226 e. The number of amides is 1. The van der Waals surface area contributed by atoms with Crippen LogP contribution in [0.2, 0.25) is 0 Å². The number of nitrogens with one attached hydrogen (secondary N) is 1. The zero-order chi connectivity index (χ0) is 20.1. The van der Waals surface area contributed by atoms with Crippen molar-refractivity contribution in [2.75, 3.05) is 6.54 Å². The van der Waals surface area contributed by atoms with Gasteiger partial charge in [-0.15, -0.1) is 22.7 Å². The number of carbonyl (C=O) groups is 1. The maximum Gasteiger partial charge on any atom is 0.226 e. The lowest BCUT2D eigenvalue weighted by molar-refractivity contribution is -0.120. The second kappa shape index (κ2) is 9.11. The van der Waals surface area contributed by atoms with E-state index in [2.05, 4.69) is 25.6 Å². The van der Waals surface area contributed by atoms with Gasteiger partial charge in [0.25, 0.3) is 0 Å². The van der Waals surface area contributed by atoms with Crippen LogP contribution in [0.25, 0.3) is 22.0 Å². The van der Waals surface area contributed by atoms with Crippen LogP contribution in [0.15, 0.2) is 51.8 Å². The first-order chi connectivity index (χ1) is 14.2. The van der Waals surface area contributed by atoms with Gasteiger partial charge in [-0.05, 0) is 37.6 Å². The summed E-state index contributed by atoms with van der Waals surface area (Å²) in [5, 5.41) is 8.80. The molecule has 0 unspecified atom stereocenters. The van der Waals surface area contributed by atoms with Gasteiger partial charge in [0.15, 0.2) is 10.8 Å². The van der Waals surface area contributed by atoms with Crippen LogP contribution < -0.4 is 5.32 Å². The van der Waals surface area contributed by atoms with Crippen molar-refractivity contribution in [2.45, 2.75) is 26.2 Å². The van der Waals surface area contributed by atoms with E-state index in [0.717, 1.165) is 51.3 Å². The average molecular weight is 425 g/mol. The molecular weight excluding hydrogens is 404 g/mol. The van der Waals surface area contributed by atoms with Gasteiger partial charge in [-0.1, -0.05) is 0 Å². The van der Waals surface area contributed by atoms with Gasteiger partial charge in [-0.3, -0.25) is 9.78 Å². The molecule has 0 aliphatic rings. The maximum atomic E-state index is 12.2. The molecule has 4 heterocycles.